The Labute approximate surface area is 156 Å². The smallest absolute Gasteiger partial charge is 0.162 e. The number of hydrogen-bond acceptors (Lipinski definition) is 0. The van der Waals surface area contributed by atoms with Crippen molar-refractivity contribution in [1.82, 2.24) is 0 Å². The molecule has 0 amide bonds. The molecule has 5 aliphatic rings. The van der Waals surface area contributed by atoms with E-state index >= 15 is 0 Å². The van der Waals surface area contributed by atoms with E-state index < -0.39 is 18.5 Å². The van der Waals surface area contributed by atoms with Crippen LogP contribution in [0.25, 0.3) is 0 Å². The second-order valence-electron chi connectivity index (χ2n) is 11.4. The summed E-state index contributed by atoms with van der Waals surface area (Å²) < 4.78 is 40.9. The Kier molecular flexibility index (Phi) is 4.22. The second-order valence-corrected chi connectivity index (χ2v) is 11.4. The highest BCUT2D eigenvalue weighted by atomic mass is 19.2. The molecule has 0 aromatic rings. The zero-order chi connectivity index (χ0) is 18.1. The van der Waals surface area contributed by atoms with Crippen LogP contribution in [0.4, 0.5) is 13.2 Å². The van der Waals surface area contributed by atoms with E-state index in [1.165, 1.54) is 51.4 Å². The van der Waals surface area contributed by atoms with Crippen molar-refractivity contribution in [1.29, 1.82) is 0 Å². The normalized spacial score (nSPS) is 59.5. The monoisotopic (exact) mass is 368 g/mol. The molecule has 0 heterocycles. The van der Waals surface area contributed by atoms with Gasteiger partial charge in [-0.15, -0.1) is 0 Å². The SMILES string of the molecule is CC1CC2(C1)CC1(CC(C3CCC(C4CC(F)C(F)C(F)C4)CC3)C1)C2. The van der Waals surface area contributed by atoms with Crippen molar-refractivity contribution < 1.29 is 13.2 Å². The number of alkyl halides is 3. The molecule has 148 valence electrons. The molecule has 0 N–H and O–H groups in total. The van der Waals surface area contributed by atoms with Crippen LogP contribution in [0.5, 0.6) is 0 Å². The van der Waals surface area contributed by atoms with Gasteiger partial charge in [-0.2, -0.15) is 0 Å². The highest BCUT2D eigenvalue weighted by Crippen LogP contribution is 2.74. The van der Waals surface area contributed by atoms with Gasteiger partial charge in [0.25, 0.3) is 0 Å². The molecule has 0 aliphatic heterocycles. The largest absolute Gasteiger partial charge is 0.244 e. The summed E-state index contributed by atoms with van der Waals surface area (Å²) in [6.45, 7) is 2.40. The molecular formula is C23H35F3. The van der Waals surface area contributed by atoms with Gasteiger partial charge in [-0.3, -0.25) is 0 Å². The Hall–Kier alpha value is -0.210. The van der Waals surface area contributed by atoms with E-state index in [0.717, 1.165) is 41.4 Å². The third-order valence-corrected chi connectivity index (χ3v) is 9.35. The van der Waals surface area contributed by atoms with Gasteiger partial charge in [-0.25, -0.2) is 13.2 Å². The average Bonchev–Trinajstić information content (AvgIpc) is 2.52. The number of rotatable bonds is 2. The summed E-state index contributed by atoms with van der Waals surface area (Å²) in [6, 6.07) is 0. The lowest BCUT2D eigenvalue weighted by Crippen LogP contribution is -2.59. The molecule has 0 aromatic carbocycles. The van der Waals surface area contributed by atoms with Gasteiger partial charge in [0.2, 0.25) is 0 Å². The lowest BCUT2D eigenvalue weighted by Gasteiger charge is -2.69. The lowest BCUT2D eigenvalue weighted by atomic mass is 9.35. The van der Waals surface area contributed by atoms with Crippen molar-refractivity contribution in [3.05, 3.63) is 0 Å². The molecule has 5 saturated carbocycles. The standard InChI is InChI=1S/C23H35F3/c1-14-8-22(9-14)12-23(13-22)10-18(11-23)16-4-2-15(3-5-16)17-6-19(24)21(26)20(25)7-17/h14-21H,2-13H2,1H3. The third-order valence-electron chi connectivity index (χ3n) is 9.35. The molecule has 2 unspecified atom stereocenters. The van der Waals surface area contributed by atoms with E-state index in [1.807, 2.05) is 0 Å². The molecule has 2 spiro atoms. The Bertz CT molecular complexity index is 504. The van der Waals surface area contributed by atoms with Crippen molar-refractivity contribution in [3.63, 3.8) is 0 Å². The predicted octanol–water partition coefficient (Wildman–Crippen LogP) is 6.82. The molecule has 0 radical (unpaired) electrons. The van der Waals surface area contributed by atoms with Gasteiger partial charge in [0, 0.05) is 0 Å². The predicted molar refractivity (Wildman–Crippen MR) is 98.1 cm³/mol. The first kappa shape index (κ1) is 17.9. The highest BCUT2D eigenvalue weighted by molar-refractivity contribution is 5.14. The summed E-state index contributed by atoms with van der Waals surface area (Å²) in [5.74, 6) is 3.27. The summed E-state index contributed by atoms with van der Waals surface area (Å²) in [5.41, 5.74) is 1.49. The molecule has 3 heteroatoms. The van der Waals surface area contributed by atoms with Crippen molar-refractivity contribution in [2.24, 2.45) is 40.4 Å². The Morgan fingerprint density at radius 3 is 1.58 bits per heavy atom. The maximum Gasteiger partial charge on any atom is 0.162 e. The Morgan fingerprint density at radius 2 is 1.08 bits per heavy atom. The van der Waals surface area contributed by atoms with Crippen LogP contribution < -0.4 is 0 Å². The molecule has 5 aliphatic carbocycles. The van der Waals surface area contributed by atoms with Crippen molar-refractivity contribution in [3.8, 4) is 0 Å². The Morgan fingerprint density at radius 1 is 0.615 bits per heavy atom. The highest BCUT2D eigenvalue weighted by Gasteiger charge is 2.63. The quantitative estimate of drug-likeness (QED) is 0.501. The van der Waals surface area contributed by atoms with Gasteiger partial charge in [0.15, 0.2) is 6.17 Å². The maximum absolute atomic E-state index is 13.7. The van der Waals surface area contributed by atoms with Crippen LogP contribution in [0.3, 0.4) is 0 Å². The molecule has 0 bridgehead atoms. The zero-order valence-corrected chi connectivity index (χ0v) is 16.2. The van der Waals surface area contributed by atoms with Gasteiger partial charge in [-0.1, -0.05) is 6.92 Å². The molecule has 5 rings (SSSR count). The Balaban J connectivity index is 1.07. The summed E-state index contributed by atoms with van der Waals surface area (Å²) in [6.07, 6.45) is 9.13. The molecule has 2 atom stereocenters. The summed E-state index contributed by atoms with van der Waals surface area (Å²) in [7, 11) is 0. The van der Waals surface area contributed by atoms with Crippen LogP contribution in [0, 0.1) is 40.4 Å². The fraction of sp³-hybridized carbons (Fsp3) is 1.00. The van der Waals surface area contributed by atoms with E-state index in [1.54, 1.807) is 0 Å². The van der Waals surface area contributed by atoms with E-state index in [0.29, 0.717) is 5.92 Å². The second kappa shape index (κ2) is 6.14. The first-order valence-corrected chi connectivity index (χ1v) is 11.3. The summed E-state index contributed by atoms with van der Waals surface area (Å²) in [4.78, 5) is 0. The van der Waals surface area contributed by atoms with Crippen LogP contribution in [-0.4, -0.2) is 18.5 Å². The zero-order valence-electron chi connectivity index (χ0n) is 16.2. The fourth-order valence-corrected chi connectivity index (χ4v) is 8.56. The molecule has 0 saturated heterocycles. The number of hydrogen-bond donors (Lipinski definition) is 0. The molecule has 0 aromatic heterocycles. The maximum atomic E-state index is 13.7. The van der Waals surface area contributed by atoms with Crippen LogP contribution in [-0.2, 0) is 0 Å². The molecular weight excluding hydrogens is 333 g/mol. The van der Waals surface area contributed by atoms with E-state index in [9.17, 15) is 13.2 Å². The molecule has 0 nitrogen and oxygen atoms in total. The van der Waals surface area contributed by atoms with Crippen LogP contribution in [0.15, 0.2) is 0 Å². The van der Waals surface area contributed by atoms with Crippen LogP contribution in [0.2, 0.25) is 0 Å². The average molecular weight is 369 g/mol. The van der Waals surface area contributed by atoms with E-state index in [2.05, 4.69) is 6.92 Å². The van der Waals surface area contributed by atoms with Gasteiger partial charge < -0.3 is 0 Å². The minimum atomic E-state index is -1.88. The first-order chi connectivity index (χ1) is 12.4. The minimum absolute atomic E-state index is 0.0766. The third kappa shape index (κ3) is 2.85. The van der Waals surface area contributed by atoms with Crippen LogP contribution in [0.1, 0.15) is 84.0 Å². The van der Waals surface area contributed by atoms with Crippen molar-refractivity contribution >= 4 is 0 Å². The van der Waals surface area contributed by atoms with Gasteiger partial charge >= 0.3 is 0 Å². The minimum Gasteiger partial charge on any atom is -0.244 e. The summed E-state index contributed by atoms with van der Waals surface area (Å²) >= 11 is 0. The van der Waals surface area contributed by atoms with E-state index in [-0.39, 0.29) is 18.8 Å². The van der Waals surface area contributed by atoms with Gasteiger partial charge in [0.1, 0.15) is 12.3 Å². The van der Waals surface area contributed by atoms with Gasteiger partial charge in [0.05, 0.1) is 0 Å². The van der Waals surface area contributed by atoms with Gasteiger partial charge in [-0.05, 0) is 117 Å². The van der Waals surface area contributed by atoms with E-state index in [4.69, 9.17) is 0 Å². The number of halogens is 3. The first-order valence-electron chi connectivity index (χ1n) is 11.3. The van der Waals surface area contributed by atoms with Crippen LogP contribution >= 0.6 is 0 Å². The topological polar surface area (TPSA) is 0 Å². The summed E-state index contributed by atoms with van der Waals surface area (Å²) in [5, 5.41) is 0. The van der Waals surface area contributed by atoms with Crippen molar-refractivity contribution in [2.45, 2.75) is 102 Å². The van der Waals surface area contributed by atoms with Crippen molar-refractivity contribution in [2.75, 3.05) is 0 Å². The fourth-order valence-electron chi connectivity index (χ4n) is 8.56. The molecule has 26 heavy (non-hydrogen) atoms. The lowest BCUT2D eigenvalue weighted by molar-refractivity contribution is -0.190. The molecule has 5 fully saturated rings.